The summed E-state index contributed by atoms with van der Waals surface area (Å²) in [6.45, 7) is 11.0. The molecule has 2 atom stereocenters. The molecule has 3 rings (SSSR count). The van der Waals surface area contributed by atoms with E-state index >= 15 is 0 Å². The molecule has 0 aliphatic carbocycles. The summed E-state index contributed by atoms with van der Waals surface area (Å²) in [5.41, 5.74) is 3.04. The second-order valence-electron chi connectivity index (χ2n) is 7.19. The van der Waals surface area contributed by atoms with Gasteiger partial charge in [0.25, 0.3) is 0 Å². The minimum Gasteiger partial charge on any atom is -0.372 e. The molecule has 1 saturated heterocycles. The van der Waals surface area contributed by atoms with Gasteiger partial charge in [0.15, 0.2) is 0 Å². The largest absolute Gasteiger partial charge is 0.372 e. The Kier molecular flexibility index (Phi) is 4.34. The second-order valence-corrected chi connectivity index (χ2v) is 7.19. The van der Waals surface area contributed by atoms with Crippen molar-refractivity contribution in [3.63, 3.8) is 0 Å². The molecule has 2 heterocycles. The lowest BCUT2D eigenvalue weighted by Gasteiger charge is -2.37. The van der Waals surface area contributed by atoms with Gasteiger partial charge in [-0.1, -0.05) is 24.3 Å². The molecule has 1 aromatic rings. The van der Waals surface area contributed by atoms with E-state index in [0.717, 1.165) is 32.7 Å². The van der Waals surface area contributed by atoms with Gasteiger partial charge in [0.1, 0.15) is 0 Å². The highest BCUT2D eigenvalue weighted by Gasteiger charge is 2.31. The van der Waals surface area contributed by atoms with Crippen molar-refractivity contribution in [3.8, 4) is 0 Å². The average molecular weight is 288 g/mol. The quantitative estimate of drug-likeness (QED) is 0.905. The first-order valence-corrected chi connectivity index (χ1v) is 8.24. The average Bonchev–Trinajstić information content (AvgIpc) is 2.58. The van der Waals surface area contributed by atoms with Crippen LogP contribution in [0.4, 0.5) is 0 Å². The van der Waals surface area contributed by atoms with Gasteiger partial charge < -0.3 is 10.1 Å². The van der Waals surface area contributed by atoms with Crippen LogP contribution in [0.5, 0.6) is 0 Å². The van der Waals surface area contributed by atoms with Crippen LogP contribution in [0, 0.1) is 0 Å². The standard InChI is InChI=1S/C18H28N2O/c1-14-8-10-19-18(2,3)13-20(14)12-17-16-7-5-4-6-15(16)9-11-21-17/h4-7,14,17,19H,8-13H2,1-3H3. The zero-order chi connectivity index (χ0) is 14.9. The Hall–Kier alpha value is -0.900. The van der Waals surface area contributed by atoms with Gasteiger partial charge >= 0.3 is 0 Å². The summed E-state index contributed by atoms with van der Waals surface area (Å²) in [5, 5.41) is 3.66. The number of hydrogen-bond donors (Lipinski definition) is 1. The van der Waals surface area contributed by atoms with Crippen LogP contribution in [-0.2, 0) is 11.2 Å². The number of rotatable bonds is 2. The van der Waals surface area contributed by atoms with Crippen LogP contribution in [0.25, 0.3) is 0 Å². The van der Waals surface area contributed by atoms with E-state index in [4.69, 9.17) is 4.74 Å². The van der Waals surface area contributed by atoms with Crippen LogP contribution in [-0.4, -0.2) is 42.7 Å². The third kappa shape index (κ3) is 3.47. The van der Waals surface area contributed by atoms with Crippen LogP contribution in [0.3, 0.4) is 0 Å². The van der Waals surface area contributed by atoms with E-state index in [-0.39, 0.29) is 11.6 Å². The van der Waals surface area contributed by atoms with Gasteiger partial charge in [-0.25, -0.2) is 0 Å². The lowest BCUT2D eigenvalue weighted by molar-refractivity contribution is 0.00469. The van der Waals surface area contributed by atoms with Crippen LogP contribution < -0.4 is 5.32 Å². The molecule has 0 amide bonds. The van der Waals surface area contributed by atoms with E-state index in [9.17, 15) is 0 Å². The minimum atomic E-state index is 0.180. The predicted octanol–water partition coefficient (Wildman–Crippen LogP) is 2.76. The summed E-state index contributed by atoms with van der Waals surface area (Å²) in [6.07, 6.45) is 2.49. The lowest BCUT2D eigenvalue weighted by Crippen LogP contribution is -2.48. The van der Waals surface area contributed by atoms with Crippen molar-refractivity contribution >= 4 is 0 Å². The molecular formula is C18H28N2O. The van der Waals surface area contributed by atoms with Gasteiger partial charge in [-0.3, -0.25) is 4.90 Å². The SMILES string of the molecule is CC1CCNC(C)(C)CN1CC1OCCc2ccccc21. The molecule has 21 heavy (non-hydrogen) atoms. The van der Waals surface area contributed by atoms with Crippen LogP contribution >= 0.6 is 0 Å². The van der Waals surface area contributed by atoms with Crippen molar-refractivity contribution in [2.45, 2.75) is 51.3 Å². The predicted molar refractivity (Wildman–Crippen MR) is 86.6 cm³/mol. The van der Waals surface area contributed by atoms with Crippen molar-refractivity contribution in [2.24, 2.45) is 0 Å². The number of ether oxygens (including phenoxy) is 1. The highest BCUT2D eigenvalue weighted by molar-refractivity contribution is 5.31. The molecule has 0 bridgehead atoms. The summed E-state index contributed by atoms with van der Waals surface area (Å²) in [4.78, 5) is 2.60. The fourth-order valence-electron chi connectivity index (χ4n) is 3.61. The topological polar surface area (TPSA) is 24.5 Å². The molecule has 1 fully saturated rings. The van der Waals surface area contributed by atoms with E-state index in [1.165, 1.54) is 17.5 Å². The fourth-order valence-corrected chi connectivity index (χ4v) is 3.61. The first-order chi connectivity index (χ1) is 10.1. The van der Waals surface area contributed by atoms with Gasteiger partial charge in [-0.2, -0.15) is 0 Å². The van der Waals surface area contributed by atoms with Crippen molar-refractivity contribution in [2.75, 3.05) is 26.2 Å². The molecule has 1 N–H and O–H groups in total. The molecular weight excluding hydrogens is 260 g/mol. The van der Waals surface area contributed by atoms with Gasteiger partial charge in [0, 0.05) is 24.7 Å². The van der Waals surface area contributed by atoms with E-state index < -0.39 is 0 Å². The number of hydrogen-bond acceptors (Lipinski definition) is 3. The molecule has 2 unspecified atom stereocenters. The minimum absolute atomic E-state index is 0.180. The van der Waals surface area contributed by atoms with E-state index in [1.54, 1.807) is 0 Å². The summed E-state index contributed by atoms with van der Waals surface area (Å²) < 4.78 is 6.10. The number of nitrogens with one attached hydrogen (secondary N) is 1. The summed E-state index contributed by atoms with van der Waals surface area (Å²) in [6, 6.07) is 9.38. The maximum Gasteiger partial charge on any atom is 0.0954 e. The van der Waals surface area contributed by atoms with E-state index in [1.807, 2.05) is 0 Å². The first-order valence-electron chi connectivity index (χ1n) is 8.24. The number of benzene rings is 1. The van der Waals surface area contributed by atoms with Gasteiger partial charge in [-0.15, -0.1) is 0 Å². The summed E-state index contributed by atoms with van der Waals surface area (Å²) >= 11 is 0. The molecule has 0 radical (unpaired) electrons. The Morgan fingerprint density at radius 2 is 2.14 bits per heavy atom. The maximum atomic E-state index is 6.10. The van der Waals surface area contributed by atoms with Gasteiger partial charge in [-0.05, 0) is 51.3 Å². The van der Waals surface area contributed by atoms with Crippen molar-refractivity contribution in [3.05, 3.63) is 35.4 Å². The molecule has 0 aromatic heterocycles. The Balaban J connectivity index is 1.76. The van der Waals surface area contributed by atoms with Crippen molar-refractivity contribution in [1.29, 1.82) is 0 Å². The number of nitrogens with zero attached hydrogens (tertiary/aromatic N) is 1. The molecule has 3 heteroatoms. The van der Waals surface area contributed by atoms with Crippen LogP contribution in [0.15, 0.2) is 24.3 Å². The molecule has 116 valence electrons. The number of fused-ring (bicyclic) bond motifs is 1. The Morgan fingerprint density at radius 3 is 3.00 bits per heavy atom. The molecule has 3 nitrogen and oxygen atoms in total. The highest BCUT2D eigenvalue weighted by atomic mass is 16.5. The first kappa shape index (κ1) is 15.0. The molecule has 0 saturated carbocycles. The third-order valence-electron chi connectivity index (χ3n) is 4.88. The van der Waals surface area contributed by atoms with Crippen molar-refractivity contribution < 1.29 is 4.74 Å². The maximum absolute atomic E-state index is 6.10. The van der Waals surface area contributed by atoms with Crippen LogP contribution in [0.1, 0.15) is 44.4 Å². The Labute approximate surface area is 128 Å². The molecule has 2 aliphatic heterocycles. The third-order valence-corrected chi connectivity index (χ3v) is 4.88. The Bertz CT molecular complexity index is 486. The van der Waals surface area contributed by atoms with Gasteiger partial charge in [0.2, 0.25) is 0 Å². The monoisotopic (exact) mass is 288 g/mol. The van der Waals surface area contributed by atoms with E-state index in [0.29, 0.717) is 6.04 Å². The normalized spacial score (nSPS) is 29.7. The molecule has 0 spiro atoms. The zero-order valence-electron chi connectivity index (χ0n) is 13.6. The Morgan fingerprint density at radius 1 is 1.33 bits per heavy atom. The van der Waals surface area contributed by atoms with Crippen molar-refractivity contribution in [1.82, 2.24) is 10.2 Å². The zero-order valence-corrected chi connectivity index (χ0v) is 13.6. The summed E-state index contributed by atoms with van der Waals surface area (Å²) in [7, 11) is 0. The fraction of sp³-hybridized carbons (Fsp3) is 0.667. The smallest absolute Gasteiger partial charge is 0.0954 e. The molecule has 2 aliphatic rings. The molecule has 1 aromatic carbocycles. The van der Waals surface area contributed by atoms with Gasteiger partial charge in [0.05, 0.1) is 12.7 Å². The van der Waals surface area contributed by atoms with E-state index in [2.05, 4.69) is 55.3 Å². The summed E-state index contributed by atoms with van der Waals surface area (Å²) in [5.74, 6) is 0. The van der Waals surface area contributed by atoms with Crippen LogP contribution in [0.2, 0.25) is 0 Å². The second kappa shape index (κ2) is 6.07. The highest BCUT2D eigenvalue weighted by Crippen LogP contribution is 2.29. The lowest BCUT2D eigenvalue weighted by atomic mass is 9.96.